The molecular weight excluding hydrogens is 427 g/mol. The van der Waals surface area contributed by atoms with E-state index in [1.54, 1.807) is 17.0 Å². The molecule has 174 valence electrons. The molecule has 2 aromatic rings. The molecule has 1 fully saturated rings. The van der Waals surface area contributed by atoms with Crippen molar-refractivity contribution >= 4 is 17.5 Å². The second-order valence-electron chi connectivity index (χ2n) is 8.26. The van der Waals surface area contributed by atoms with Crippen LogP contribution in [-0.4, -0.2) is 59.2 Å². The number of ether oxygens (including phenoxy) is 2. The van der Waals surface area contributed by atoms with Gasteiger partial charge in [0.2, 0.25) is 11.8 Å². The van der Waals surface area contributed by atoms with E-state index in [9.17, 15) is 18.0 Å². The van der Waals surface area contributed by atoms with Crippen LogP contribution in [-0.2, 0) is 4.74 Å². The zero-order valence-corrected chi connectivity index (χ0v) is 18.2. The van der Waals surface area contributed by atoms with Crippen LogP contribution < -0.4 is 20.1 Å². The van der Waals surface area contributed by atoms with E-state index < -0.39 is 17.8 Å². The number of hydrogen-bond donors (Lipinski definition) is 0. The Balaban J connectivity index is 1.78. The van der Waals surface area contributed by atoms with E-state index in [2.05, 4.69) is 9.97 Å². The van der Waals surface area contributed by atoms with Crippen LogP contribution in [0.1, 0.15) is 33.2 Å². The number of hydrogen-bond acceptors (Lipinski definition) is 7. The van der Waals surface area contributed by atoms with E-state index in [0.29, 0.717) is 37.1 Å². The van der Waals surface area contributed by atoms with Crippen LogP contribution in [0.3, 0.4) is 0 Å². The van der Waals surface area contributed by atoms with Gasteiger partial charge in [-0.3, -0.25) is 9.36 Å². The molecule has 2 aliphatic rings. The van der Waals surface area contributed by atoms with E-state index in [-0.39, 0.29) is 31.1 Å². The maximum Gasteiger partial charge on any atom is 0.409 e. The molecule has 1 unspecified atom stereocenters. The van der Waals surface area contributed by atoms with Gasteiger partial charge in [-0.1, -0.05) is 0 Å². The summed E-state index contributed by atoms with van der Waals surface area (Å²) in [7, 11) is 0. The summed E-state index contributed by atoms with van der Waals surface area (Å²) in [5.41, 5.74) is -0.196. The van der Waals surface area contributed by atoms with Crippen molar-refractivity contribution in [3.63, 3.8) is 0 Å². The van der Waals surface area contributed by atoms with Gasteiger partial charge in [-0.2, -0.15) is 18.2 Å². The van der Waals surface area contributed by atoms with Crippen molar-refractivity contribution in [3.05, 3.63) is 34.7 Å². The van der Waals surface area contributed by atoms with Crippen LogP contribution in [0, 0.1) is 0 Å². The molecule has 2 aliphatic heterocycles. The van der Waals surface area contributed by atoms with Crippen molar-refractivity contribution in [1.82, 2.24) is 14.5 Å². The van der Waals surface area contributed by atoms with Gasteiger partial charge < -0.3 is 19.3 Å². The molecule has 0 aromatic carbocycles. The van der Waals surface area contributed by atoms with Gasteiger partial charge in [0.05, 0.1) is 37.2 Å². The summed E-state index contributed by atoms with van der Waals surface area (Å²) >= 11 is 0. The molecule has 8 nitrogen and oxygen atoms in total. The van der Waals surface area contributed by atoms with Gasteiger partial charge >= 0.3 is 6.18 Å². The van der Waals surface area contributed by atoms with E-state index in [1.807, 2.05) is 25.7 Å². The molecule has 4 rings (SSSR count). The van der Waals surface area contributed by atoms with E-state index in [1.165, 1.54) is 12.3 Å². The fourth-order valence-electron chi connectivity index (χ4n) is 4.04. The van der Waals surface area contributed by atoms with Crippen LogP contribution in [0.4, 0.5) is 30.6 Å². The highest BCUT2D eigenvalue weighted by molar-refractivity contribution is 5.60. The number of alkyl halides is 3. The summed E-state index contributed by atoms with van der Waals surface area (Å²) in [4.78, 5) is 25.2. The van der Waals surface area contributed by atoms with Crippen molar-refractivity contribution in [2.24, 2.45) is 0 Å². The van der Waals surface area contributed by atoms with Crippen LogP contribution in [0.25, 0.3) is 0 Å². The molecule has 32 heavy (non-hydrogen) atoms. The Morgan fingerprint density at radius 2 is 2.03 bits per heavy atom. The normalized spacial score (nSPS) is 21.6. The van der Waals surface area contributed by atoms with Crippen LogP contribution in [0.2, 0.25) is 0 Å². The van der Waals surface area contributed by atoms with Gasteiger partial charge in [-0.15, -0.1) is 0 Å². The molecule has 4 heterocycles. The molecule has 2 atom stereocenters. The highest BCUT2D eigenvalue weighted by Gasteiger charge is 2.46. The first-order valence-corrected chi connectivity index (χ1v) is 10.6. The van der Waals surface area contributed by atoms with Gasteiger partial charge in [0.25, 0.3) is 5.56 Å². The van der Waals surface area contributed by atoms with Crippen molar-refractivity contribution in [1.29, 1.82) is 0 Å². The Morgan fingerprint density at radius 1 is 1.25 bits per heavy atom. The Bertz CT molecular complexity index is 1010. The fraction of sp³-hybridized carbons (Fsp3) is 0.571. The Kier molecular flexibility index (Phi) is 6.02. The maximum absolute atomic E-state index is 13.8. The van der Waals surface area contributed by atoms with E-state index >= 15 is 0 Å². The third-order valence-corrected chi connectivity index (χ3v) is 5.53. The molecule has 0 aliphatic carbocycles. The minimum absolute atomic E-state index is 0.0425. The zero-order valence-electron chi connectivity index (χ0n) is 18.2. The Labute approximate surface area is 183 Å². The van der Waals surface area contributed by atoms with Crippen molar-refractivity contribution in [2.45, 2.75) is 51.6 Å². The Morgan fingerprint density at radius 3 is 2.66 bits per heavy atom. The minimum Gasteiger partial charge on any atom is -0.475 e. The zero-order chi connectivity index (χ0) is 23.0. The quantitative estimate of drug-likeness (QED) is 0.703. The van der Waals surface area contributed by atoms with E-state index in [4.69, 9.17) is 9.47 Å². The SMILES string of the molecule is CC(C)Oc1ccc(N2CCC(C(F)(F)F)n3c2nc(N2CCOC[C@H]2C)cc3=O)cn1. The maximum atomic E-state index is 13.8. The third kappa shape index (κ3) is 4.38. The summed E-state index contributed by atoms with van der Waals surface area (Å²) in [6.07, 6.45) is -3.37. The largest absolute Gasteiger partial charge is 0.475 e. The van der Waals surface area contributed by atoms with Crippen molar-refractivity contribution < 1.29 is 22.6 Å². The van der Waals surface area contributed by atoms with Crippen molar-refractivity contribution in [2.75, 3.05) is 36.1 Å². The minimum atomic E-state index is -4.56. The van der Waals surface area contributed by atoms with Crippen LogP contribution in [0.15, 0.2) is 29.2 Å². The monoisotopic (exact) mass is 453 g/mol. The number of nitrogens with zero attached hydrogens (tertiary/aromatic N) is 5. The summed E-state index contributed by atoms with van der Waals surface area (Å²) in [5, 5.41) is 0. The molecule has 0 saturated carbocycles. The average Bonchev–Trinajstić information content (AvgIpc) is 2.73. The predicted octanol–water partition coefficient (Wildman–Crippen LogP) is 3.30. The molecule has 2 aromatic heterocycles. The lowest BCUT2D eigenvalue weighted by atomic mass is 10.1. The van der Waals surface area contributed by atoms with Crippen LogP contribution in [0.5, 0.6) is 5.88 Å². The van der Waals surface area contributed by atoms with Gasteiger partial charge in [0.1, 0.15) is 11.9 Å². The average molecular weight is 453 g/mol. The molecule has 0 radical (unpaired) electrons. The molecule has 11 heteroatoms. The second-order valence-corrected chi connectivity index (χ2v) is 8.26. The first-order valence-electron chi connectivity index (χ1n) is 10.6. The number of pyridine rings is 1. The second kappa shape index (κ2) is 8.61. The van der Waals surface area contributed by atoms with Gasteiger partial charge in [-0.25, -0.2) is 4.98 Å². The standard InChI is InChI=1S/C21H26F3N5O3/c1-13(2)32-18-5-4-15(11-25-18)28-7-6-16(21(22,23)24)29-19(30)10-17(26-20(28)29)27-8-9-31-12-14(27)3/h4-5,10-11,13-14,16H,6-9,12H2,1-3H3/t14-,16?/m1/s1. The van der Waals surface area contributed by atoms with Gasteiger partial charge in [0.15, 0.2) is 0 Å². The molecule has 0 spiro atoms. The van der Waals surface area contributed by atoms with Crippen LogP contribution >= 0.6 is 0 Å². The number of morpholine rings is 1. The molecule has 1 saturated heterocycles. The smallest absolute Gasteiger partial charge is 0.409 e. The molecule has 0 amide bonds. The fourth-order valence-corrected chi connectivity index (χ4v) is 4.04. The highest BCUT2D eigenvalue weighted by atomic mass is 19.4. The molecular formula is C21H26F3N5O3. The summed E-state index contributed by atoms with van der Waals surface area (Å²) < 4.78 is 53.0. The number of aromatic nitrogens is 3. The first kappa shape index (κ1) is 22.4. The number of fused-ring (bicyclic) bond motifs is 1. The highest BCUT2D eigenvalue weighted by Crippen LogP contribution is 2.40. The predicted molar refractivity (Wildman–Crippen MR) is 113 cm³/mol. The summed E-state index contributed by atoms with van der Waals surface area (Å²) in [5.74, 6) is 0.715. The topological polar surface area (TPSA) is 72.7 Å². The summed E-state index contributed by atoms with van der Waals surface area (Å²) in [6, 6.07) is 2.57. The van der Waals surface area contributed by atoms with Crippen molar-refractivity contribution in [3.8, 4) is 5.88 Å². The number of anilines is 3. The summed E-state index contributed by atoms with van der Waals surface area (Å²) in [6.45, 7) is 7.13. The molecule has 0 N–H and O–H groups in total. The first-order chi connectivity index (χ1) is 15.1. The third-order valence-electron chi connectivity index (χ3n) is 5.53. The Hall–Kier alpha value is -2.82. The number of halogens is 3. The van der Waals surface area contributed by atoms with E-state index in [0.717, 1.165) is 4.57 Å². The molecule has 0 bridgehead atoms. The lowest BCUT2D eigenvalue weighted by Gasteiger charge is -2.38. The lowest BCUT2D eigenvalue weighted by Crippen LogP contribution is -2.47. The van der Waals surface area contributed by atoms with Gasteiger partial charge in [-0.05, 0) is 33.3 Å². The van der Waals surface area contributed by atoms with Gasteiger partial charge in [0, 0.05) is 25.2 Å². The lowest BCUT2D eigenvalue weighted by molar-refractivity contribution is -0.170. The number of rotatable bonds is 4.